The average molecular weight is 406 g/mol. The normalized spacial score (nSPS) is 26.9. The van der Waals surface area contributed by atoms with Crippen LogP contribution in [-0.2, 0) is 6.42 Å². The predicted molar refractivity (Wildman–Crippen MR) is 107 cm³/mol. The van der Waals surface area contributed by atoms with E-state index in [0.29, 0.717) is 11.8 Å². The highest BCUT2D eigenvalue weighted by molar-refractivity contribution is 7.19. The number of nitrogens with zero attached hydrogens (tertiary/aromatic N) is 2. The molecular weight excluding hydrogens is 378 g/mol. The van der Waals surface area contributed by atoms with Gasteiger partial charge in [0.25, 0.3) is 0 Å². The van der Waals surface area contributed by atoms with Gasteiger partial charge in [0.1, 0.15) is 17.3 Å². The maximum absolute atomic E-state index is 11.1. The van der Waals surface area contributed by atoms with Crippen LogP contribution in [0.25, 0.3) is 10.2 Å². The lowest BCUT2D eigenvalue weighted by Gasteiger charge is -2.39. The summed E-state index contributed by atoms with van der Waals surface area (Å²) in [7, 11) is 0. The second-order valence-electron chi connectivity index (χ2n) is 7.93. The molecule has 2 aliphatic rings. The number of aliphatic hydroxyl groups excluding tert-OH is 1. The molecule has 0 aromatic carbocycles. The summed E-state index contributed by atoms with van der Waals surface area (Å²) in [5.41, 5.74) is 0.929. The predicted octanol–water partition coefficient (Wildman–Crippen LogP) is 3.84. The van der Waals surface area contributed by atoms with Gasteiger partial charge in [0.15, 0.2) is 0 Å². The highest BCUT2D eigenvalue weighted by atomic mass is 32.1. The van der Waals surface area contributed by atoms with Crippen molar-refractivity contribution in [3.63, 3.8) is 0 Å². The van der Waals surface area contributed by atoms with Crippen LogP contribution >= 0.6 is 11.3 Å². The second-order valence-corrected chi connectivity index (χ2v) is 9.01. The zero-order valence-electron chi connectivity index (χ0n) is 16.1. The third-order valence-corrected chi connectivity index (χ3v) is 7.56. The van der Waals surface area contributed by atoms with Gasteiger partial charge in [-0.2, -0.15) is 0 Å². The summed E-state index contributed by atoms with van der Waals surface area (Å²) in [5.74, 6) is 0.994. The molecular formula is C20H27N3O4S. The Kier molecular flexibility index (Phi) is 5.42. The zero-order chi connectivity index (χ0) is 19.7. The number of ether oxygens (including phenoxy) is 1. The first-order valence-corrected chi connectivity index (χ1v) is 10.9. The van der Waals surface area contributed by atoms with Gasteiger partial charge < -0.3 is 20.3 Å². The third kappa shape index (κ3) is 3.55. The SMILES string of the molecule is CCC1(NC(=O)O)CCC(Oc2ncnc3sc4c(c23)[C@@H](CCO)CC4)CC1. The Morgan fingerprint density at radius 2 is 2.14 bits per heavy atom. The summed E-state index contributed by atoms with van der Waals surface area (Å²) >= 11 is 1.71. The monoisotopic (exact) mass is 405 g/mol. The standard InChI is InChI=1S/C20H27N3O4S/c1-2-20(23-19(25)26)8-5-13(6-9-20)27-17-16-15-12(7-10-24)3-4-14(15)28-18(16)22-11-21-17/h11-13,23-24H,2-10H2,1H3,(H,25,26)/t12-,13?,20?/m1/s1. The molecule has 0 spiro atoms. The van der Waals surface area contributed by atoms with Crippen LogP contribution < -0.4 is 10.1 Å². The van der Waals surface area contributed by atoms with Gasteiger partial charge in [0.05, 0.1) is 5.39 Å². The molecule has 1 saturated carbocycles. The molecule has 2 aromatic heterocycles. The number of aryl methyl sites for hydroxylation is 1. The minimum absolute atomic E-state index is 0.0293. The molecule has 0 saturated heterocycles. The lowest BCUT2D eigenvalue weighted by Crippen LogP contribution is -2.51. The van der Waals surface area contributed by atoms with Crippen LogP contribution in [0.4, 0.5) is 4.79 Å². The first kappa shape index (κ1) is 19.4. The summed E-state index contributed by atoms with van der Waals surface area (Å²) in [6.07, 6.45) is 7.41. The number of hydrogen-bond acceptors (Lipinski definition) is 6. The average Bonchev–Trinajstić information content (AvgIpc) is 3.23. The largest absolute Gasteiger partial charge is 0.474 e. The molecule has 1 fully saturated rings. The van der Waals surface area contributed by atoms with Crippen molar-refractivity contribution in [1.82, 2.24) is 15.3 Å². The summed E-state index contributed by atoms with van der Waals surface area (Å²) in [5, 5.41) is 22.3. The summed E-state index contributed by atoms with van der Waals surface area (Å²) in [6, 6.07) is 0. The summed E-state index contributed by atoms with van der Waals surface area (Å²) < 4.78 is 6.34. The Balaban J connectivity index is 1.54. The van der Waals surface area contributed by atoms with E-state index in [-0.39, 0.29) is 18.2 Å². The highest BCUT2D eigenvalue weighted by Gasteiger charge is 2.37. The van der Waals surface area contributed by atoms with Crippen molar-refractivity contribution in [2.24, 2.45) is 0 Å². The Hall–Kier alpha value is -1.93. The van der Waals surface area contributed by atoms with Crippen LogP contribution in [0.3, 0.4) is 0 Å². The first-order chi connectivity index (χ1) is 13.5. The Labute approximate surface area is 168 Å². The number of rotatable bonds is 6. The lowest BCUT2D eigenvalue weighted by atomic mass is 9.78. The summed E-state index contributed by atoms with van der Waals surface area (Å²) in [6.45, 7) is 2.21. The molecule has 0 unspecified atom stereocenters. The van der Waals surface area contributed by atoms with Gasteiger partial charge in [-0.3, -0.25) is 0 Å². The van der Waals surface area contributed by atoms with Crippen LogP contribution in [-0.4, -0.2) is 44.5 Å². The van der Waals surface area contributed by atoms with Crippen LogP contribution in [0.2, 0.25) is 0 Å². The molecule has 7 nitrogen and oxygen atoms in total. The third-order valence-electron chi connectivity index (χ3n) is 6.39. The Morgan fingerprint density at radius 1 is 1.36 bits per heavy atom. The molecule has 152 valence electrons. The van der Waals surface area contributed by atoms with Crippen LogP contribution in [0.1, 0.15) is 68.2 Å². The molecule has 0 radical (unpaired) electrons. The molecule has 1 amide bonds. The van der Waals surface area contributed by atoms with Crippen molar-refractivity contribution in [3.8, 4) is 5.88 Å². The Bertz CT molecular complexity index is 860. The molecule has 2 aromatic rings. The van der Waals surface area contributed by atoms with E-state index in [0.717, 1.165) is 61.6 Å². The van der Waals surface area contributed by atoms with E-state index in [1.807, 2.05) is 6.92 Å². The maximum atomic E-state index is 11.1. The second kappa shape index (κ2) is 7.83. The minimum atomic E-state index is -0.956. The van der Waals surface area contributed by atoms with Gasteiger partial charge in [-0.05, 0) is 62.8 Å². The number of fused-ring (bicyclic) bond motifs is 3. The van der Waals surface area contributed by atoms with Crippen molar-refractivity contribution >= 4 is 27.6 Å². The van der Waals surface area contributed by atoms with E-state index in [1.165, 1.54) is 10.4 Å². The lowest BCUT2D eigenvalue weighted by molar-refractivity contribution is 0.0934. The maximum Gasteiger partial charge on any atom is 0.405 e. The topological polar surface area (TPSA) is 105 Å². The van der Waals surface area contributed by atoms with Crippen LogP contribution in [0.5, 0.6) is 5.88 Å². The van der Waals surface area contributed by atoms with E-state index < -0.39 is 6.09 Å². The van der Waals surface area contributed by atoms with Crippen LogP contribution in [0, 0.1) is 0 Å². The highest BCUT2D eigenvalue weighted by Crippen LogP contribution is 2.47. The van der Waals surface area contributed by atoms with E-state index in [2.05, 4.69) is 15.3 Å². The quantitative estimate of drug-likeness (QED) is 0.674. The molecule has 8 heteroatoms. The van der Waals surface area contributed by atoms with Crippen molar-refractivity contribution in [2.45, 2.75) is 75.9 Å². The van der Waals surface area contributed by atoms with Gasteiger partial charge in [-0.1, -0.05) is 6.92 Å². The fraction of sp³-hybridized carbons (Fsp3) is 0.650. The molecule has 3 N–H and O–H groups in total. The molecule has 4 rings (SSSR count). The molecule has 2 heterocycles. The fourth-order valence-corrected chi connectivity index (χ4v) is 6.02. The van der Waals surface area contributed by atoms with E-state index in [4.69, 9.17) is 9.84 Å². The van der Waals surface area contributed by atoms with Crippen LogP contribution in [0.15, 0.2) is 6.33 Å². The molecule has 28 heavy (non-hydrogen) atoms. The first-order valence-electron chi connectivity index (χ1n) is 10.1. The van der Waals surface area contributed by atoms with Crippen molar-refractivity contribution in [3.05, 3.63) is 16.8 Å². The Morgan fingerprint density at radius 3 is 2.82 bits per heavy atom. The minimum Gasteiger partial charge on any atom is -0.474 e. The number of aromatic nitrogens is 2. The molecule has 0 bridgehead atoms. The van der Waals surface area contributed by atoms with Gasteiger partial charge >= 0.3 is 6.09 Å². The van der Waals surface area contributed by atoms with Gasteiger partial charge in [-0.25, -0.2) is 14.8 Å². The number of nitrogens with one attached hydrogen (secondary N) is 1. The molecule has 2 aliphatic carbocycles. The fourth-order valence-electron chi connectivity index (χ4n) is 4.79. The number of hydrogen-bond donors (Lipinski definition) is 3. The van der Waals surface area contributed by atoms with E-state index >= 15 is 0 Å². The van der Waals surface area contributed by atoms with Gasteiger partial charge in [0.2, 0.25) is 5.88 Å². The van der Waals surface area contributed by atoms with Crippen molar-refractivity contribution in [1.29, 1.82) is 0 Å². The number of carboxylic acid groups (broad SMARTS) is 1. The van der Waals surface area contributed by atoms with Crippen molar-refractivity contribution in [2.75, 3.05) is 6.61 Å². The number of carbonyl (C=O) groups is 1. The van der Waals surface area contributed by atoms with Gasteiger partial charge in [0, 0.05) is 17.0 Å². The number of aliphatic hydroxyl groups is 1. The number of thiophene rings is 1. The van der Waals surface area contributed by atoms with Crippen molar-refractivity contribution < 1.29 is 19.7 Å². The molecule has 1 atom stereocenters. The summed E-state index contributed by atoms with van der Waals surface area (Å²) in [4.78, 5) is 22.3. The number of amides is 1. The van der Waals surface area contributed by atoms with E-state index in [1.54, 1.807) is 17.7 Å². The smallest absolute Gasteiger partial charge is 0.405 e. The van der Waals surface area contributed by atoms with Gasteiger partial charge in [-0.15, -0.1) is 11.3 Å². The molecule has 0 aliphatic heterocycles. The zero-order valence-corrected chi connectivity index (χ0v) is 16.9. The van der Waals surface area contributed by atoms with E-state index in [9.17, 15) is 9.90 Å².